The van der Waals surface area contributed by atoms with Gasteiger partial charge in [-0.15, -0.1) is 0 Å². The number of methoxy groups -OCH3 is 1. The Morgan fingerprint density at radius 2 is 2.23 bits per heavy atom. The first-order chi connectivity index (χ1) is 6.31. The molecule has 0 aromatic rings. The lowest BCUT2D eigenvalue weighted by Gasteiger charge is -2.37. The average molecular weight is 182 g/mol. The summed E-state index contributed by atoms with van der Waals surface area (Å²) in [7, 11) is 1.48. The number of carbonyl (C=O) groups is 1. The maximum atomic E-state index is 11.4. The molecule has 1 saturated heterocycles. The van der Waals surface area contributed by atoms with Crippen molar-refractivity contribution in [3.63, 3.8) is 0 Å². The summed E-state index contributed by atoms with van der Waals surface area (Å²) in [4.78, 5) is 11.4. The smallest absolute Gasteiger partial charge is 0.309 e. The Hall–Kier alpha value is -0.570. The maximum absolute atomic E-state index is 11.4. The van der Waals surface area contributed by atoms with E-state index in [9.17, 15) is 4.79 Å². The topological polar surface area (TPSA) is 38.8 Å². The summed E-state index contributed by atoms with van der Waals surface area (Å²) >= 11 is 0. The molecule has 3 aliphatic carbocycles. The van der Waals surface area contributed by atoms with Crippen molar-refractivity contribution in [2.24, 2.45) is 17.8 Å². The van der Waals surface area contributed by atoms with Crippen LogP contribution >= 0.6 is 0 Å². The second kappa shape index (κ2) is 2.47. The highest BCUT2D eigenvalue weighted by molar-refractivity contribution is 5.73. The Balaban J connectivity index is 1.81. The van der Waals surface area contributed by atoms with E-state index in [0.717, 1.165) is 12.8 Å². The number of hydrogen-bond donors (Lipinski definition) is 0. The molecule has 1 heterocycles. The molecule has 0 unspecified atom stereocenters. The molecule has 72 valence electrons. The van der Waals surface area contributed by atoms with Crippen LogP contribution < -0.4 is 0 Å². The van der Waals surface area contributed by atoms with Gasteiger partial charge in [-0.05, 0) is 25.2 Å². The molecule has 1 aliphatic heterocycles. The molecular formula is C10H14O3. The molecule has 0 amide bonds. The molecule has 0 aromatic heterocycles. The van der Waals surface area contributed by atoms with Crippen LogP contribution in [0, 0.1) is 17.8 Å². The van der Waals surface area contributed by atoms with Crippen LogP contribution in [0.2, 0.25) is 0 Å². The number of epoxide rings is 1. The van der Waals surface area contributed by atoms with Crippen LogP contribution in [-0.4, -0.2) is 25.3 Å². The van der Waals surface area contributed by atoms with Crippen molar-refractivity contribution in [1.82, 2.24) is 0 Å². The number of hydrogen-bond acceptors (Lipinski definition) is 3. The van der Waals surface area contributed by atoms with E-state index in [1.165, 1.54) is 13.5 Å². The van der Waals surface area contributed by atoms with Crippen LogP contribution in [-0.2, 0) is 14.3 Å². The van der Waals surface area contributed by atoms with Gasteiger partial charge in [0.25, 0.3) is 0 Å². The lowest BCUT2D eigenvalue weighted by Crippen LogP contribution is -2.41. The molecule has 4 aliphatic rings. The summed E-state index contributed by atoms with van der Waals surface area (Å²) in [5.74, 6) is 1.21. The average Bonchev–Trinajstić information content (AvgIpc) is 2.97. The third-order valence-corrected chi connectivity index (χ3v) is 3.90. The summed E-state index contributed by atoms with van der Waals surface area (Å²) in [5, 5.41) is 0. The number of ether oxygens (including phenoxy) is 2. The summed E-state index contributed by atoms with van der Waals surface area (Å²) in [6.07, 6.45) is 4.31. The molecule has 2 bridgehead atoms. The molecule has 0 radical (unpaired) electrons. The van der Waals surface area contributed by atoms with Gasteiger partial charge < -0.3 is 9.47 Å². The van der Waals surface area contributed by atoms with Crippen molar-refractivity contribution in [2.75, 3.05) is 7.11 Å². The van der Waals surface area contributed by atoms with E-state index in [1.54, 1.807) is 0 Å². The van der Waals surface area contributed by atoms with Gasteiger partial charge in [0, 0.05) is 5.92 Å². The molecule has 5 atom stereocenters. The van der Waals surface area contributed by atoms with Crippen molar-refractivity contribution in [3.8, 4) is 0 Å². The van der Waals surface area contributed by atoms with Crippen LogP contribution in [0.1, 0.15) is 19.3 Å². The molecule has 0 N–H and O–H groups in total. The minimum Gasteiger partial charge on any atom is -0.469 e. The first-order valence-corrected chi connectivity index (χ1v) is 5.04. The number of rotatable bonds is 1. The summed E-state index contributed by atoms with van der Waals surface area (Å²) in [5.41, 5.74) is 0. The van der Waals surface area contributed by atoms with Crippen molar-refractivity contribution in [3.05, 3.63) is 0 Å². The molecule has 4 rings (SSSR count). The van der Waals surface area contributed by atoms with Gasteiger partial charge in [-0.25, -0.2) is 0 Å². The first kappa shape index (κ1) is 7.80. The van der Waals surface area contributed by atoms with Gasteiger partial charge in [0.1, 0.15) is 0 Å². The predicted molar refractivity (Wildman–Crippen MR) is 45.0 cm³/mol. The van der Waals surface area contributed by atoms with Gasteiger partial charge in [-0.1, -0.05) is 0 Å². The van der Waals surface area contributed by atoms with Crippen molar-refractivity contribution < 1.29 is 14.3 Å². The normalized spacial score (nSPS) is 51.3. The maximum Gasteiger partial charge on any atom is 0.309 e. The van der Waals surface area contributed by atoms with E-state index in [2.05, 4.69) is 0 Å². The second-order valence-corrected chi connectivity index (χ2v) is 4.43. The molecule has 0 aromatic carbocycles. The summed E-state index contributed by atoms with van der Waals surface area (Å²) in [6, 6.07) is 0. The number of fused-ring (bicyclic) bond motifs is 2. The van der Waals surface area contributed by atoms with Crippen molar-refractivity contribution in [2.45, 2.75) is 31.5 Å². The molecule has 0 spiro atoms. The zero-order chi connectivity index (χ0) is 9.00. The summed E-state index contributed by atoms with van der Waals surface area (Å²) < 4.78 is 10.4. The standard InChI is InChI=1S/C10H14O3/c1-12-10(11)7-4-5-2-3-6(7)9-8(5)13-9/h5-9H,2-4H2,1H3/t5-,6+,7+,8+,9-/m1/s1. The van der Waals surface area contributed by atoms with E-state index in [4.69, 9.17) is 9.47 Å². The van der Waals surface area contributed by atoms with E-state index in [0.29, 0.717) is 24.0 Å². The highest BCUT2D eigenvalue weighted by Gasteiger charge is 2.60. The Morgan fingerprint density at radius 3 is 2.92 bits per heavy atom. The lowest BCUT2D eigenvalue weighted by atomic mass is 9.65. The lowest BCUT2D eigenvalue weighted by molar-refractivity contribution is -0.150. The minimum atomic E-state index is -0.0244. The van der Waals surface area contributed by atoms with Crippen molar-refractivity contribution >= 4 is 5.97 Å². The fourth-order valence-corrected chi connectivity index (χ4v) is 3.20. The van der Waals surface area contributed by atoms with E-state index in [1.807, 2.05) is 0 Å². The Bertz CT molecular complexity index is 251. The van der Waals surface area contributed by atoms with Crippen LogP contribution in [0.4, 0.5) is 0 Å². The summed E-state index contributed by atoms with van der Waals surface area (Å²) in [6.45, 7) is 0. The van der Waals surface area contributed by atoms with Gasteiger partial charge >= 0.3 is 5.97 Å². The van der Waals surface area contributed by atoms with Crippen molar-refractivity contribution in [1.29, 1.82) is 0 Å². The third-order valence-electron chi connectivity index (χ3n) is 3.90. The van der Waals surface area contributed by atoms with E-state index >= 15 is 0 Å². The zero-order valence-electron chi connectivity index (χ0n) is 7.73. The van der Waals surface area contributed by atoms with Gasteiger partial charge in [0.05, 0.1) is 25.2 Å². The molecule has 13 heavy (non-hydrogen) atoms. The Morgan fingerprint density at radius 1 is 1.38 bits per heavy atom. The fraction of sp³-hybridized carbons (Fsp3) is 0.900. The monoisotopic (exact) mass is 182 g/mol. The predicted octanol–water partition coefficient (Wildman–Crippen LogP) is 0.973. The molecule has 3 saturated carbocycles. The van der Waals surface area contributed by atoms with Gasteiger partial charge in [0.15, 0.2) is 0 Å². The number of carbonyl (C=O) groups excluding carboxylic acids is 1. The molecule has 4 fully saturated rings. The van der Waals surface area contributed by atoms with E-state index in [-0.39, 0.29) is 11.9 Å². The highest BCUT2D eigenvalue weighted by Crippen LogP contribution is 2.55. The van der Waals surface area contributed by atoms with Crippen LogP contribution in [0.15, 0.2) is 0 Å². The SMILES string of the molecule is COC(=O)[C@H]1C[C@H]2CC[C@@H]1[C@H]1O[C@@H]21. The third kappa shape index (κ3) is 0.966. The fourth-order valence-electron chi connectivity index (χ4n) is 3.20. The van der Waals surface area contributed by atoms with E-state index < -0.39 is 0 Å². The Labute approximate surface area is 77.4 Å². The largest absolute Gasteiger partial charge is 0.469 e. The Kier molecular flexibility index (Phi) is 1.48. The van der Waals surface area contributed by atoms with Gasteiger partial charge in [-0.3, -0.25) is 4.79 Å². The zero-order valence-corrected chi connectivity index (χ0v) is 7.73. The number of esters is 1. The van der Waals surface area contributed by atoms with Gasteiger partial charge in [0.2, 0.25) is 0 Å². The quantitative estimate of drug-likeness (QED) is 0.448. The van der Waals surface area contributed by atoms with Crippen LogP contribution in [0.5, 0.6) is 0 Å². The highest BCUT2D eigenvalue weighted by atomic mass is 16.6. The minimum absolute atomic E-state index is 0.0244. The molecule has 3 heteroatoms. The first-order valence-electron chi connectivity index (χ1n) is 5.04. The molecular weight excluding hydrogens is 168 g/mol. The van der Waals surface area contributed by atoms with Gasteiger partial charge in [-0.2, -0.15) is 0 Å². The van der Waals surface area contributed by atoms with Crippen LogP contribution in [0.25, 0.3) is 0 Å². The second-order valence-electron chi connectivity index (χ2n) is 4.43. The van der Waals surface area contributed by atoms with Crippen LogP contribution in [0.3, 0.4) is 0 Å². The molecule has 3 nitrogen and oxygen atoms in total.